The number of benzene rings is 1. The molecular weight excluding hydrogens is 266 g/mol. The molecule has 0 radical (unpaired) electrons. The summed E-state index contributed by atoms with van der Waals surface area (Å²) in [6, 6.07) is 5.33. The van der Waals surface area contributed by atoms with E-state index in [2.05, 4.69) is 26.1 Å². The number of amides is 1. The van der Waals surface area contributed by atoms with Crippen molar-refractivity contribution in [2.75, 3.05) is 19.8 Å². The van der Waals surface area contributed by atoms with Gasteiger partial charge in [0.25, 0.3) is 5.91 Å². The molecule has 0 unspecified atom stereocenters. The zero-order chi connectivity index (χ0) is 15.7. The second kappa shape index (κ2) is 9.27. The first-order valence-electron chi connectivity index (χ1n) is 7.76. The Morgan fingerprint density at radius 3 is 2.57 bits per heavy atom. The van der Waals surface area contributed by atoms with E-state index in [9.17, 15) is 4.79 Å². The molecule has 1 amide bonds. The smallest absolute Gasteiger partial charge is 0.251 e. The van der Waals surface area contributed by atoms with E-state index in [1.54, 1.807) is 18.2 Å². The minimum absolute atomic E-state index is 0.0707. The summed E-state index contributed by atoms with van der Waals surface area (Å²) >= 11 is 0. The molecule has 1 aromatic carbocycles. The Kier molecular flexibility index (Phi) is 7.65. The van der Waals surface area contributed by atoms with Crippen molar-refractivity contribution in [2.45, 2.75) is 40.5 Å². The minimum atomic E-state index is -0.0707. The van der Waals surface area contributed by atoms with Crippen molar-refractivity contribution < 1.29 is 14.3 Å². The minimum Gasteiger partial charge on any atom is -0.490 e. The van der Waals surface area contributed by atoms with Crippen LogP contribution in [0.4, 0.5) is 0 Å². The van der Waals surface area contributed by atoms with Crippen LogP contribution in [0.2, 0.25) is 0 Å². The fourth-order valence-corrected chi connectivity index (χ4v) is 1.83. The zero-order valence-electron chi connectivity index (χ0n) is 13.6. The lowest BCUT2D eigenvalue weighted by Gasteiger charge is -2.13. The van der Waals surface area contributed by atoms with Crippen LogP contribution in [0.1, 0.15) is 50.9 Å². The van der Waals surface area contributed by atoms with Gasteiger partial charge < -0.3 is 14.8 Å². The van der Waals surface area contributed by atoms with Gasteiger partial charge in [0.2, 0.25) is 0 Å². The molecule has 118 valence electrons. The second-order valence-electron chi connectivity index (χ2n) is 5.38. The van der Waals surface area contributed by atoms with Crippen LogP contribution in [0.5, 0.6) is 11.5 Å². The van der Waals surface area contributed by atoms with Gasteiger partial charge in [0, 0.05) is 12.1 Å². The van der Waals surface area contributed by atoms with Crippen LogP contribution in [0, 0.1) is 5.92 Å². The van der Waals surface area contributed by atoms with Crippen molar-refractivity contribution in [3.8, 4) is 11.5 Å². The molecule has 0 spiro atoms. The van der Waals surface area contributed by atoms with E-state index in [1.165, 1.54) is 0 Å². The summed E-state index contributed by atoms with van der Waals surface area (Å²) in [5.74, 6) is 1.83. The topological polar surface area (TPSA) is 47.6 Å². The van der Waals surface area contributed by atoms with Gasteiger partial charge in [-0.2, -0.15) is 0 Å². The van der Waals surface area contributed by atoms with Crippen LogP contribution in [-0.4, -0.2) is 25.7 Å². The summed E-state index contributed by atoms with van der Waals surface area (Å²) in [5, 5.41) is 2.93. The first-order valence-corrected chi connectivity index (χ1v) is 7.76. The predicted octanol–water partition coefficient (Wildman–Crippen LogP) is 3.65. The predicted molar refractivity (Wildman–Crippen MR) is 85.2 cm³/mol. The summed E-state index contributed by atoms with van der Waals surface area (Å²) in [7, 11) is 0. The maximum atomic E-state index is 12.1. The standard InChI is InChI=1S/C17H27NO3/c1-5-11-21-15-8-7-14(12-16(15)20-6-2)17(19)18-10-9-13(3)4/h7-8,12-13H,5-6,9-11H2,1-4H3,(H,18,19). The van der Waals surface area contributed by atoms with Crippen LogP contribution in [0.25, 0.3) is 0 Å². The van der Waals surface area contributed by atoms with Crippen molar-refractivity contribution in [3.63, 3.8) is 0 Å². The van der Waals surface area contributed by atoms with Gasteiger partial charge in [0.1, 0.15) is 0 Å². The molecule has 1 aromatic rings. The van der Waals surface area contributed by atoms with Crippen molar-refractivity contribution >= 4 is 5.91 Å². The van der Waals surface area contributed by atoms with E-state index in [-0.39, 0.29) is 5.91 Å². The number of hydrogen-bond acceptors (Lipinski definition) is 3. The molecule has 1 rings (SSSR count). The Morgan fingerprint density at radius 2 is 1.95 bits per heavy atom. The number of nitrogens with one attached hydrogen (secondary N) is 1. The highest BCUT2D eigenvalue weighted by molar-refractivity contribution is 5.94. The van der Waals surface area contributed by atoms with E-state index in [4.69, 9.17) is 9.47 Å². The highest BCUT2D eigenvalue weighted by atomic mass is 16.5. The molecule has 0 heterocycles. The third-order valence-electron chi connectivity index (χ3n) is 2.97. The van der Waals surface area contributed by atoms with Gasteiger partial charge in [-0.25, -0.2) is 0 Å². The molecule has 0 saturated carbocycles. The average Bonchev–Trinajstić information content (AvgIpc) is 2.45. The summed E-state index contributed by atoms with van der Waals surface area (Å²) < 4.78 is 11.2. The lowest BCUT2D eigenvalue weighted by molar-refractivity contribution is 0.0951. The third-order valence-corrected chi connectivity index (χ3v) is 2.97. The normalized spacial score (nSPS) is 10.5. The van der Waals surface area contributed by atoms with Crippen LogP contribution >= 0.6 is 0 Å². The van der Waals surface area contributed by atoms with E-state index >= 15 is 0 Å². The van der Waals surface area contributed by atoms with Gasteiger partial charge >= 0.3 is 0 Å². The third kappa shape index (κ3) is 6.06. The lowest BCUT2D eigenvalue weighted by atomic mass is 10.1. The van der Waals surface area contributed by atoms with Crippen molar-refractivity contribution in [2.24, 2.45) is 5.92 Å². The molecule has 4 heteroatoms. The number of carbonyl (C=O) groups is 1. The summed E-state index contributed by atoms with van der Waals surface area (Å²) in [4.78, 5) is 12.1. The molecule has 1 N–H and O–H groups in total. The second-order valence-corrected chi connectivity index (χ2v) is 5.38. The number of carbonyl (C=O) groups excluding carboxylic acids is 1. The van der Waals surface area contributed by atoms with Crippen LogP contribution in [0.15, 0.2) is 18.2 Å². The maximum Gasteiger partial charge on any atom is 0.251 e. The van der Waals surface area contributed by atoms with Crippen molar-refractivity contribution in [1.29, 1.82) is 0 Å². The fraction of sp³-hybridized carbons (Fsp3) is 0.588. The number of ether oxygens (including phenoxy) is 2. The highest BCUT2D eigenvalue weighted by Crippen LogP contribution is 2.28. The van der Waals surface area contributed by atoms with Crippen molar-refractivity contribution in [3.05, 3.63) is 23.8 Å². The number of hydrogen-bond donors (Lipinski definition) is 1. The molecule has 0 aliphatic heterocycles. The lowest BCUT2D eigenvalue weighted by Crippen LogP contribution is -2.25. The summed E-state index contributed by atoms with van der Waals surface area (Å²) in [6.45, 7) is 10.1. The first kappa shape index (κ1) is 17.3. The molecule has 0 aliphatic rings. The Balaban J connectivity index is 2.74. The van der Waals surface area contributed by atoms with Crippen LogP contribution < -0.4 is 14.8 Å². The quantitative estimate of drug-likeness (QED) is 0.756. The maximum absolute atomic E-state index is 12.1. The van der Waals surface area contributed by atoms with Crippen molar-refractivity contribution in [1.82, 2.24) is 5.32 Å². The van der Waals surface area contributed by atoms with E-state index < -0.39 is 0 Å². The van der Waals surface area contributed by atoms with E-state index in [0.29, 0.717) is 42.7 Å². The first-order chi connectivity index (χ1) is 10.1. The molecule has 0 fully saturated rings. The summed E-state index contributed by atoms with van der Waals surface area (Å²) in [6.07, 6.45) is 1.91. The number of rotatable bonds is 9. The molecule has 0 atom stereocenters. The molecule has 0 bridgehead atoms. The van der Waals surface area contributed by atoms with Crippen LogP contribution in [0.3, 0.4) is 0 Å². The molecule has 0 aromatic heterocycles. The van der Waals surface area contributed by atoms with Gasteiger partial charge in [-0.1, -0.05) is 20.8 Å². The largest absolute Gasteiger partial charge is 0.490 e. The Morgan fingerprint density at radius 1 is 1.19 bits per heavy atom. The van der Waals surface area contributed by atoms with E-state index in [0.717, 1.165) is 12.8 Å². The summed E-state index contributed by atoms with van der Waals surface area (Å²) in [5.41, 5.74) is 0.603. The SMILES string of the molecule is CCCOc1ccc(C(=O)NCCC(C)C)cc1OCC. The molecule has 21 heavy (non-hydrogen) atoms. The molecule has 0 saturated heterocycles. The Bertz CT molecular complexity index is 444. The van der Waals surface area contributed by atoms with Gasteiger partial charge in [-0.05, 0) is 43.9 Å². The van der Waals surface area contributed by atoms with Gasteiger partial charge in [-0.15, -0.1) is 0 Å². The highest BCUT2D eigenvalue weighted by Gasteiger charge is 2.11. The van der Waals surface area contributed by atoms with Gasteiger partial charge in [-0.3, -0.25) is 4.79 Å². The fourth-order valence-electron chi connectivity index (χ4n) is 1.83. The van der Waals surface area contributed by atoms with Crippen LogP contribution in [-0.2, 0) is 0 Å². The Labute approximate surface area is 127 Å². The molecular formula is C17H27NO3. The van der Waals surface area contributed by atoms with Gasteiger partial charge in [0.05, 0.1) is 13.2 Å². The molecule has 0 aliphatic carbocycles. The van der Waals surface area contributed by atoms with Gasteiger partial charge in [0.15, 0.2) is 11.5 Å². The molecule has 4 nitrogen and oxygen atoms in total. The monoisotopic (exact) mass is 293 g/mol. The van der Waals surface area contributed by atoms with E-state index in [1.807, 2.05) is 6.92 Å². The average molecular weight is 293 g/mol. The Hall–Kier alpha value is -1.71. The zero-order valence-corrected chi connectivity index (χ0v) is 13.6.